The minimum absolute atomic E-state index is 0.321. The Labute approximate surface area is 114 Å². The fraction of sp³-hybridized carbons (Fsp3) is 0.0769. The van der Waals surface area contributed by atoms with Crippen molar-refractivity contribution < 1.29 is 13.2 Å². The maximum atomic E-state index is 12.8. The molecule has 2 aromatic heterocycles. The molecule has 2 heterocycles. The minimum atomic E-state index is -4.47. The van der Waals surface area contributed by atoms with Crippen LogP contribution >= 0.6 is 15.9 Å². The van der Waals surface area contributed by atoms with E-state index >= 15 is 0 Å². The van der Waals surface area contributed by atoms with Crippen LogP contribution in [0.3, 0.4) is 0 Å². The molecule has 0 N–H and O–H groups in total. The summed E-state index contributed by atoms with van der Waals surface area (Å²) in [6.45, 7) is 0. The Balaban J connectivity index is 2.47. The lowest BCUT2D eigenvalue weighted by Crippen LogP contribution is -2.08. The van der Waals surface area contributed by atoms with Gasteiger partial charge in [0.1, 0.15) is 5.69 Å². The van der Waals surface area contributed by atoms with E-state index in [1.54, 1.807) is 18.3 Å². The molecule has 1 aromatic carbocycles. The third kappa shape index (κ3) is 2.06. The molecule has 0 bridgehead atoms. The van der Waals surface area contributed by atoms with Crippen LogP contribution in [0.4, 0.5) is 13.2 Å². The highest BCUT2D eigenvalue weighted by molar-refractivity contribution is 9.10. The van der Waals surface area contributed by atoms with Gasteiger partial charge in [-0.1, -0.05) is 28.1 Å². The second-order valence-corrected chi connectivity index (χ2v) is 4.90. The lowest BCUT2D eigenvalue weighted by Gasteiger charge is -2.10. The third-order valence-corrected chi connectivity index (χ3v) is 3.49. The van der Waals surface area contributed by atoms with Gasteiger partial charge in [-0.2, -0.15) is 13.2 Å². The van der Waals surface area contributed by atoms with Crippen molar-refractivity contribution in [2.75, 3.05) is 0 Å². The number of benzene rings is 1. The highest BCUT2D eigenvalue weighted by Gasteiger charge is 2.33. The Bertz CT molecular complexity index is 784. The van der Waals surface area contributed by atoms with Crippen LogP contribution in [-0.4, -0.2) is 9.97 Å². The third-order valence-electron chi connectivity index (χ3n) is 2.84. The van der Waals surface area contributed by atoms with Crippen molar-refractivity contribution in [1.82, 2.24) is 9.97 Å². The summed E-state index contributed by atoms with van der Waals surface area (Å²) in [5, 5.41) is 2.06. The molecule has 96 valence electrons. The first kappa shape index (κ1) is 12.3. The van der Waals surface area contributed by atoms with Gasteiger partial charge in [0, 0.05) is 33.0 Å². The number of alkyl halides is 3. The maximum absolute atomic E-state index is 12.8. The highest BCUT2D eigenvalue weighted by atomic mass is 79.9. The minimum Gasteiger partial charge on any atom is -0.264 e. The fourth-order valence-electron chi connectivity index (χ4n) is 1.96. The largest absolute Gasteiger partial charge is 0.433 e. The molecule has 0 saturated heterocycles. The smallest absolute Gasteiger partial charge is 0.264 e. The number of hydrogen-bond acceptors (Lipinski definition) is 2. The number of nitrogens with zero attached hydrogens (tertiary/aromatic N) is 2. The molecule has 0 fully saturated rings. The molecule has 0 saturated carbocycles. The Morgan fingerprint density at radius 2 is 1.84 bits per heavy atom. The van der Waals surface area contributed by atoms with Crippen molar-refractivity contribution in [2.45, 2.75) is 6.18 Å². The van der Waals surface area contributed by atoms with Crippen LogP contribution in [0.5, 0.6) is 0 Å². The molecule has 0 aliphatic rings. The molecule has 0 aliphatic carbocycles. The van der Waals surface area contributed by atoms with Crippen molar-refractivity contribution in [3.05, 3.63) is 46.8 Å². The molecule has 0 spiro atoms. The SMILES string of the molecule is FC(F)(F)c1cc(Br)c2ccc3cnccc3c2n1. The van der Waals surface area contributed by atoms with Gasteiger partial charge in [-0.05, 0) is 12.1 Å². The maximum Gasteiger partial charge on any atom is 0.433 e. The van der Waals surface area contributed by atoms with E-state index < -0.39 is 11.9 Å². The predicted octanol–water partition coefficient (Wildman–Crippen LogP) is 4.56. The van der Waals surface area contributed by atoms with Gasteiger partial charge in [0.05, 0.1) is 5.52 Å². The summed E-state index contributed by atoms with van der Waals surface area (Å²) >= 11 is 3.17. The van der Waals surface area contributed by atoms with Crippen LogP contribution in [0, 0.1) is 0 Å². The fourth-order valence-corrected chi connectivity index (χ4v) is 2.50. The molecule has 0 amide bonds. The van der Waals surface area contributed by atoms with Gasteiger partial charge >= 0.3 is 6.18 Å². The van der Waals surface area contributed by atoms with Gasteiger partial charge in [0.25, 0.3) is 0 Å². The van der Waals surface area contributed by atoms with E-state index in [2.05, 4.69) is 25.9 Å². The van der Waals surface area contributed by atoms with Crippen LogP contribution in [0.2, 0.25) is 0 Å². The van der Waals surface area contributed by atoms with Crippen molar-refractivity contribution in [3.8, 4) is 0 Å². The predicted molar refractivity (Wildman–Crippen MR) is 69.7 cm³/mol. The quantitative estimate of drug-likeness (QED) is 0.566. The molecule has 3 aromatic rings. The number of rotatable bonds is 0. The molecule has 2 nitrogen and oxygen atoms in total. The normalized spacial score (nSPS) is 12.2. The highest BCUT2D eigenvalue weighted by Crippen LogP contribution is 2.35. The van der Waals surface area contributed by atoms with Crippen LogP contribution < -0.4 is 0 Å². The van der Waals surface area contributed by atoms with E-state index in [0.29, 0.717) is 20.8 Å². The van der Waals surface area contributed by atoms with E-state index in [4.69, 9.17) is 0 Å². The number of aromatic nitrogens is 2. The summed E-state index contributed by atoms with van der Waals surface area (Å²) in [7, 11) is 0. The monoisotopic (exact) mass is 326 g/mol. The molecule has 0 aliphatic heterocycles. The lowest BCUT2D eigenvalue weighted by atomic mass is 10.1. The molecule has 6 heteroatoms. The number of hydrogen-bond donors (Lipinski definition) is 0. The second-order valence-electron chi connectivity index (χ2n) is 4.05. The molecule has 0 unspecified atom stereocenters. The van der Waals surface area contributed by atoms with E-state index in [1.807, 2.05) is 6.07 Å². The summed E-state index contributed by atoms with van der Waals surface area (Å²) in [5.74, 6) is 0. The first-order valence-electron chi connectivity index (χ1n) is 5.37. The summed E-state index contributed by atoms with van der Waals surface area (Å²) in [5.41, 5.74) is -0.585. The summed E-state index contributed by atoms with van der Waals surface area (Å²) in [6.07, 6.45) is -1.33. The Morgan fingerprint density at radius 3 is 2.58 bits per heavy atom. The van der Waals surface area contributed by atoms with Crippen molar-refractivity contribution >= 4 is 37.6 Å². The van der Waals surface area contributed by atoms with Gasteiger partial charge < -0.3 is 0 Å². The number of pyridine rings is 2. The van der Waals surface area contributed by atoms with E-state index in [0.717, 1.165) is 11.5 Å². The van der Waals surface area contributed by atoms with Crippen molar-refractivity contribution in [1.29, 1.82) is 0 Å². The Kier molecular flexibility index (Phi) is 2.70. The molecule has 0 radical (unpaired) electrons. The standard InChI is InChI=1S/C13H6BrF3N2/c14-10-5-11(13(15,16)17)19-12-8-3-4-18-6-7(8)1-2-9(10)12/h1-6H. The van der Waals surface area contributed by atoms with Gasteiger partial charge in [-0.3, -0.25) is 4.98 Å². The summed E-state index contributed by atoms with van der Waals surface area (Å²) in [6, 6.07) is 6.20. The molecular weight excluding hydrogens is 321 g/mol. The Hall–Kier alpha value is -1.69. The Morgan fingerprint density at radius 1 is 1.05 bits per heavy atom. The zero-order valence-corrected chi connectivity index (χ0v) is 11.0. The molecule has 19 heavy (non-hydrogen) atoms. The van der Waals surface area contributed by atoms with Crippen LogP contribution in [0.15, 0.2) is 41.1 Å². The van der Waals surface area contributed by atoms with Crippen LogP contribution in [0.25, 0.3) is 21.7 Å². The van der Waals surface area contributed by atoms with Gasteiger partial charge in [0.2, 0.25) is 0 Å². The zero-order chi connectivity index (χ0) is 13.6. The first-order valence-corrected chi connectivity index (χ1v) is 6.16. The van der Waals surface area contributed by atoms with E-state index in [-0.39, 0.29) is 0 Å². The first-order chi connectivity index (χ1) is 8.97. The van der Waals surface area contributed by atoms with E-state index in [1.165, 1.54) is 6.20 Å². The second kappa shape index (κ2) is 4.16. The van der Waals surface area contributed by atoms with Gasteiger partial charge in [-0.15, -0.1) is 0 Å². The van der Waals surface area contributed by atoms with Crippen molar-refractivity contribution in [3.63, 3.8) is 0 Å². The van der Waals surface area contributed by atoms with Crippen molar-refractivity contribution in [2.24, 2.45) is 0 Å². The van der Waals surface area contributed by atoms with Crippen LogP contribution in [0.1, 0.15) is 5.69 Å². The number of halogens is 4. The lowest BCUT2D eigenvalue weighted by molar-refractivity contribution is -0.141. The number of fused-ring (bicyclic) bond motifs is 3. The summed E-state index contributed by atoms with van der Waals surface area (Å²) < 4.78 is 38.8. The van der Waals surface area contributed by atoms with Crippen LogP contribution in [-0.2, 0) is 6.18 Å². The molecular formula is C13H6BrF3N2. The molecule has 3 rings (SSSR count). The topological polar surface area (TPSA) is 25.8 Å². The average molecular weight is 327 g/mol. The molecule has 0 atom stereocenters. The average Bonchev–Trinajstić information content (AvgIpc) is 2.37. The van der Waals surface area contributed by atoms with Gasteiger partial charge in [-0.25, -0.2) is 4.98 Å². The van der Waals surface area contributed by atoms with E-state index in [9.17, 15) is 13.2 Å². The van der Waals surface area contributed by atoms with Gasteiger partial charge in [0.15, 0.2) is 0 Å². The zero-order valence-electron chi connectivity index (χ0n) is 9.37. The summed E-state index contributed by atoms with van der Waals surface area (Å²) in [4.78, 5) is 7.70.